The van der Waals surface area contributed by atoms with Crippen LogP contribution >= 0.6 is 0 Å². The molecule has 1 aliphatic heterocycles. The average Bonchev–Trinajstić information content (AvgIpc) is 3.34. The summed E-state index contributed by atoms with van der Waals surface area (Å²) in [6.07, 6.45) is 0.406. The number of hydrogen-bond acceptors (Lipinski definition) is 7. The smallest absolute Gasteiger partial charge is 0.264 e. The van der Waals surface area contributed by atoms with Gasteiger partial charge in [0.15, 0.2) is 11.5 Å². The lowest BCUT2D eigenvalue weighted by molar-refractivity contribution is 0.0322. The van der Waals surface area contributed by atoms with Gasteiger partial charge in [0.05, 0.1) is 18.8 Å². The highest BCUT2D eigenvalue weighted by Gasteiger charge is 2.21. The van der Waals surface area contributed by atoms with Gasteiger partial charge < -0.3 is 14.8 Å². The van der Waals surface area contributed by atoms with Crippen molar-refractivity contribution in [3.8, 4) is 17.1 Å². The molecular weight excluding hydrogens is 470 g/mol. The summed E-state index contributed by atoms with van der Waals surface area (Å²) >= 11 is 0. The van der Waals surface area contributed by atoms with Crippen LogP contribution in [0.1, 0.15) is 22.3 Å². The molecule has 4 heterocycles. The molecule has 1 aromatic carbocycles. The maximum atomic E-state index is 14.0. The Balaban J connectivity index is 1.37. The first-order chi connectivity index (χ1) is 17.6. The van der Waals surface area contributed by atoms with E-state index in [-0.39, 0.29) is 28.2 Å². The molecule has 1 saturated heterocycles. The molecular formula is C25H24F2N6O3. The fourth-order valence-corrected chi connectivity index (χ4v) is 3.95. The molecule has 0 aliphatic carbocycles. The van der Waals surface area contributed by atoms with Crippen LogP contribution in [0.3, 0.4) is 0 Å². The number of morpholine rings is 1. The largest absolute Gasteiger partial charge is 0.492 e. The van der Waals surface area contributed by atoms with Crippen molar-refractivity contribution in [2.24, 2.45) is 0 Å². The van der Waals surface area contributed by atoms with Gasteiger partial charge >= 0.3 is 0 Å². The Morgan fingerprint density at radius 3 is 2.78 bits per heavy atom. The van der Waals surface area contributed by atoms with Crippen molar-refractivity contribution in [2.45, 2.75) is 6.43 Å². The van der Waals surface area contributed by atoms with Crippen LogP contribution in [0.15, 0.2) is 60.9 Å². The van der Waals surface area contributed by atoms with Crippen LogP contribution in [0.2, 0.25) is 0 Å². The lowest BCUT2D eigenvalue weighted by Gasteiger charge is -2.26. The first kappa shape index (κ1) is 23.8. The fraction of sp³-hybridized carbons (Fsp3) is 0.280. The standard InChI is InChI=1S/C25H24F2N6O3/c26-22(27)20-16-17(36-15-12-32-10-13-35-14-11-32)6-7-18(20)23-30-24-19(4-3-9-33(24)31-23)25(34)29-21-5-1-2-8-28-21/h1-9,16,22H,10-15H2,(H,28,29,34). The van der Waals surface area contributed by atoms with Gasteiger partial charge in [-0.15, -0.1) is 5.10 Å². The Bertz CT molecular complexity index is 1340. The molecule has 36 heavy (non-hydrogen) atoms. The van der Waals surface area contributed by atoms with Crippen molar-refractivity contribution >= 4 is 17.4 Å². The van der Waals surface area contributed by atoms with Gasteiger partial charge in [-0.05, 0) is 42.5 Å². The van der Waals surface area contributed by atoms with E-state index >= 15 is 0 Å². The third-order valence-corrected chi connectivity index (χ3v) is 5.79. The Morgan fingerprint density at radius 1 is 1.14 bits per heavy atom. The topological polar surface area (TPSA) is 93.9 Å². The number of ether oxygens (including phenoxy) is 2. The number of fused-ring (bicyclic) bond motifs is 1. The van der Waals surface area contributed by atoms with Crippen LogP contribution in [-0.2, 0) is 4.74 Å². The normalized spacial score (nSPS) is 14.3. The van der Waals surface area contributed by atoms with E-state index in [4.69, 9.17) is 9.47 Å². The molecule has 1 amide bonds. The molecule has 5 rings (SSSR count). The molecule has 1 N–H and O–H groups in total. The molecule has 0 saturated carbocycles. The molecule has 0 bridgehead atoms. The number of nitrogens with one attached hydrogen (secondary N) is 1. The number of halogens is 2. The Labute approximate surface area is 205 Å². The van der Waals surface area contributed by atoms with Gasteiger partial charge in [-0.2, -0.15) is 0 Å². The van der Waals surface area contributed by atoms with E-state index in [2.05, 4.69) is 25.3 Å². The third kappa shape index (κ3) is 5.31. The summed E-state index contributed by atoms with van der Waals surface area (Å²) in [7, 11) is 0. The lowest BCUT2D eigenvalue weighted by Crippen LogP contribution is -2.38. The van der Waals surface area contributed by atoms with Crippen molar-refractivity contribution in [1.82, 2.24) is 24.5 Å². The summed E-state index contributed by atoms with van der Waals surface area (Å²) in [5.74, 6) is 0.384. The summed E-state index contributed by atoms with van der Waals surface area (Å²) < 4.78 is 40.5. The number of aromatic nitrogens is 4. The van der Waals surface area contributed by atoms with Gasteiger partial charge in [0.1, 0.15) is 18.2 Å². The number of alkyl halides is 2. The van der Waals surface area contributed by atoms with Crippen molar-refractivity contribution in [1.29, 1.82) is 0 Å². The predicted octanol–water partition coefficient (Wildman–Crippen LogP) is 3.69. The number of hydrogen-bond donors (Lipinski definition) is 1. The summed E-state index contributed by atoms with van der Waals surface area (Å²) in [5, 5.41) is 7.05. The zero-order chi connectivity index (χ0) is 24.9. The highest BCUT2D eigenvalue weighted by Crippen LogP contribution is 2.33. The molecule has 0 atom stereocenters. The number of amides is 1. The Hall–Kier alpha value is -3.96. The summed E-state index contributed by atoms with van der Waals surface area (Å²) in [5.41, 5.74) is 0.412. The van der Waals surface area contributed by atoms with Crippen molar-refractivity contribution in [3.05, 3.63) is 72.1 Å². The highest BCUT2D eigenvalue weighted by molar-refractivity contribution is 6.07. The summed E-state index contributed by atoms with van der Waals surface area (Å²) in [6.45, 7) is 4.08. The molecule has 3 aromatic heterocycles. The minimum atomic E-state index is -2.76. The molecule has 1 fully saturated rings. The molecule has 4 aromatic rings. The quantitative estimate of drug-likeness (QED) is 0.399. The van der Waals surface area contributed by atoms with Crippen LogP contribution in [0, 0.1) is 0 Å². The zero-order valence-corrected chi connectivity index (χ0v) is 19.3. The Kier molecular flexibility index (Phi) is 7.10. The lowest BCUT2D eigenvalue weighted by atomic mass is 10.1. The second-order valence-electron chi connectivity index (χ2n) is 8.15. The van der Waals surface area contributed by atoms with E-state index in [9.17, 15) is 13.6 Å². The minimum Gasteiger partial charge on any atom is -0.492 e. The van der Waals surface area contributed by atoms with Crippen LogP contribution in [0.5, 0.6) is 5.75 Å². The number of nitrogens with zero attached hydrogens (tertiary/aromatic N) is 5. The Morgan fingerprint density at radius 2 is 2.00 bits per heavy atom. The van der Waals surface area contributed by atoms with Crippen molar-refractivity contribution in [3.63, 3.8) is 0 Å². The second-order valence-corrected chi connectivity index (χ2v) is 8.15. The number of anilines is 1. The zero-order valence-electron chi connectivity index (χ0n) is 19.3. The van der Waals surface area contributed by atoms with Gasteiger partial charge in [0.2, 0.25) is 0 Å². The maximum absolute atomic E-state index is 14.0. The molecule has 9 nitrogen and oxygen atoms in total. The third-order valence-electron chi connectivity index (χ3n) is 5.79. The monoisotopic (exact) mass is 494 g/mol. The van der Waals surface area contributed by atoms with E-state index in [1.54, 1.807) is 48.8 Å². The first-order valence-corrected chi connectivity index (χ1v) is 11.5. The number of carbonyl (C=O) groups excluding carboxylic acids is 1. The van der Waals surface area contributed by atoms with Gasteiger partial charge in [-0.1, -0.05) is 6.07 Å². The fourth-order valence-electron chi connectivity index (χ4n) is 3.95. The van der Waals surface area contributed by atoms with Crippen molar-refractivity contribution < 1.29 is 23.0 Å². The van der Waals surface area contributed by atoms with Gasteiger partial charge in [-0.3, -0.25) is 9.69 Å². The van der Waals surface area contributed by atoms with Gasteiger partial charge in [0.25, 0.3) is 12.3 Å². The van der Waals surface area contributed by atoms with E-state index in [1.807, 2.05) is 0 Å². The van der Waals surface area contributed by atoms with E-state index in [1.165, 1.54) is 16.6 Å². The number of pyridine rings is 2. The average molecular weight is 495 g/mol. The van der Waals surface area contributed by atoms with Gasteiger partial charge in [0, 0.05) is 43.2 Å². The van der Waals surface area contributed by atoms with E-state index in [0.29, 0.717) is 37.9 Å². The second kappa shape index (κ2) is 10.8. The summed E-state index contributed by atoms with van der Waals surface area (Å²) in [4.78, 5) is 23.5. The minimum absolute atomic E-state index is 0.0863. The van der Waals surface area contributed by atoms with Crippen LogP contribution in [0.4, 0.5) is 14.6 Å². The van der Waals surface area contributed by atoms with Gasteiger partial charge in [-0.25, -0.2) is 23.3 Å². The van der Waals surface area contributed by atoms with Crippen LogP contribution in [0.25, 0.3) is 17.0 Å². The number of carbonyl (C=O) groups is 1. The molecule has 186 valence electrons. The maximum Gasteiger partial charge on any atom is 0.264 e. The first-order valence-electron chi connectivity index (χ1n) is 11.5. The molecule has 1 aliphatic rings. The predicted molar refractivity (Wildman–Crippen MR) is 128 cm³/mol. The van der Waals surface area contributed by atoms with Crippen LogP contribution in [-0.4, -0.2) is 69.8 Å². The number of benzene rings is 1. The molecule has 11 heteroatoms. The molecule has 0 spiro atoms. The molecule has 0 unspecified atom stereocenters. The van der Waals surface area contributed by atoms with Crippen LogP contribution < -0.4 is 10.1 Å². The van der Waals surface area contributed by atoms with Crippen molar-refractivity contribution in [2.75, 3.05) is 44.8 Å². The van der Waals surface area contributed by atoms with E-state index in [0.717, 1.165) is 13.1 Å². The highest BCUT2D eigenvalue weighted by atomic mass is 19.3. The van der Waals surface area contributed by atoms with E-state index < -0.39 is 12.3 Å². The SMILES string of the molecule is O=C(Nc1ccccn1)c1cccn2nc(-c3ccc(OCCN4CCOCC4)cc3C(F)F)nc12. The summed E-state index contributed by atoms with van der Waals surface area (Å²) in [6, 6.07) is 12.8. The number of rotatable bonds is 8. The molecule has 0 radical (unpaired) electrons.